The highest BCUT2D eigenvalue weighted by Crippen LogP contribution is 2.23. The van der Waals surface area contributed by atoms with Crippen molar-refractivity contribution in [1.29, 1.82) is 0 Å². The zero-order chi connectivity index (χ0) is 14.9. The maximum Gasteiger partial charge on any atom is 0.102 e. The number of hydrogen-bond acceptors (Lipinski definition) is 4. The van der Waals surface area contributed by atoms with E-state index in [0.29, 0.717) is 24.5 Å². The van der Waals surface area contributed by atoms with Crippen molar-refractivity contribution in [2.24, 2.45) is 0 Å². The second-order valence-corrected chi connectivity index (χ2v) is 5.99. The Morgan fingerprint density at radius 1 is 1.33 bits per heavy atom. The average molecular weight is 308 g/mol. The van der Waals surface area contributed by atoms with Gasteiger partial charge in [0, 0.05) is 31.4 Å². The first-order valence-corrected chi connectivity index (χ1v) is 7.31. The lowest BCUT2D eigenvalue weighted by Crippen LogP contribution is -2.36. The summed E-state index contributed by atoms with van der Waals surface area (Å²) in [7, 11) is 0. The van der Waals surface area contributed by atoms with Crippen LogP contribution in [0.2, 0.25) is 5.02 Å². The second kappa shape index (κ2) is 5.77. The lowest BCUT2D eigenvalue weighted by atomic mass is 10.1. The van der Waals surface area contributed by atoms with E-state index in [1.165, 1.54) is 0 Å². The summed E-state index contributed by atoms with van der Waals surface area (Å²) < 4.78 is 1.76. The Morgan fingerprint density at radius 2 is 2.14 bits per heavy atom. The van der Waals surface area contributed by atoms with Crippen molar-refractivity contribution in [1.82, 2.24) is 14.7 Å². The summed E-state index contributed by atoms with van der Waals surface area (Å²) in [5.41, 5.74) is 0.939. The molecule has 2 N–H and O–H groups in total. The van der Waals surface area contributed by atoms with Gasteiger partial charge in [-0.15, -0.1) is 0 Å². The normalized spacial score (nSPS) is 22.8. The first-order valence-electron chi connectivity index (χ1n) is 6.94. The molecular formula is C15H18ClN3O2. The van der Waals surface area contributed by atoms with Gasteiger partial charge in [-0.3, -0.25) is 4.90 Å². The van der Waals surface area contributed by atoms with Gasteiger partial charge in [0.1, 0.15) is 5.60 Å². The predicted octanol–water partition coefficient (Wildman–Crippen LogP) is 1.45. The largest absolute Gasteiger partial charge is 0.393 e. The maximum atomic E-state index is 10.0. The molecule has 0 spiro atoms. The van der Waals surface area contributed by atoms with Crippen LogP contribution < -0.4 is 0 Å². The van der Waals surface area contributed by atoms with Crippen LogP contribution in [0.1, 0.15) is 12.0 Å². The Balaban J connectivity index is 1.71. The summed E-state index contributed by atoms with van der Waals surface area (Å²) in [6.07, 6.45) is 4.35. The number of likely N-dealkylation sites (tertiary alicyclic amines) is 1. The number of para-hydroxylation sites is 1. The van der Waals surface area contributed by atoms with E-state index < -0.39 is 5.60 Å². The van der Waals surface area contributed by atoms with Crippen molar-refractivity contribution in [3.05, 3.63) is 47.2 Å². The summed E-state index contributed by atoms with van der Waals surface area (Å²) in [6, 6.07) is 7.56. The highest BCUT2D eigenvalue weighted by Gasteiger charge is 2.35. The van der Waals surface area contributed by atoms with Crippen molar-refractivity contribution in [3.8, 4) is 5.69 Å². The number of halogens is 1. The molecule has 1 atom stereocenters. The molecule has 1 saturated heterocycles. The number of rotatable bonds is 4. The predicted molar refractivity (Wildman–Crippen MR) is 80.5 cm³/mol. The van der Waals surface area contributed by atoms with Crippen molar-refractivity contribution in [2.75, 3.05) is 19.7 Å². The average Bonchev–Trinajstić information content (AvgIpc) is 3.08. The maximum absolute atomic E-state index is 10.0. The van der Waals surface area contributed by atoms with Crippen molar-refractivity contribution in [2.45, 2.75) is 18.6 Å². The van der Waals surface area contributed by atoms with Crippen LogP contribution >= 0.6 is 11.6 Å². The molecular weight excluding hydrogens is 290 g/mol. The van der Waals surface area contributed by atoms with E-state index in [1.807, 2.05) is 30.5 Å². The van der Waals surface area contributed by atoms with Gasteiger partial charge < -0.3 is 10.2 Å². The first kappa shape index (κ1) is 14.5. The summed E-state index contributed by atoms with van der Waals surface area (Å²) in [5, 5.41) is 24.2. The number of nitrogens with zero attached hydrogens (tertiary/aromatic N) is 3. The van der Waals surface area contributed by atoms with Crippen molar-refractivity contribution in [3.63, 3.8) is 0 Å². The van der Waals surface area contributed by atoms with E-state index in [1.54, 1.807) is 10.9 Å². The lowest BCUT2D eigenvalue weighted by molar-refractivity contribution is -0.00580. The van der Waals surface area contributed by atoms with Gasteiger partial charge >= 0.3 is 0 Å². The Hall–Kier alpha value is -1.40. The number of aliphatic hydroxyl groups is 2. The van der Waals surface area contributed by atoms with E-state index in [9.17, 15) is 10.2 Å². The molecule has 1 aliphatic heterocycles. The topological polar surface area (TPSA) is 61.5 Å². The second-order valence-electron chi connectivity index (χ2n) is 5.59. The van der Waals surface area contributed by atoms with E-state index in [-0.39, 0.29) is 6.61 Å². The molecule has 21 heavy (non-hydrogen) atoms. The van der Waals surface area contributed by atoms with Crippen LogP contribution in [-0.4, -0.2) is 50.2 Å². The first-order chi connectivity index (χ1) is 10.1. The molecule has 1 aromatic heterocycles. The van der Waals surface area contributed by atoms with Gasteiger partial charge in [-0.25, -0.2) is 4.68 Å². The Bertz CT molecular complexity index is 631. The molecule has 0 radical (unpaired) electrons. The minimum Gasteiger partial charge on any atom is -0.393 e. The molecule has 0 aliphatic carbocycles. The molecule has 0 amide bonds. The van der Waals surface area contributed by atoms with Crippen molar-refractivity contribution < 1.29 is 10.2 Å². The van der Waals surface area contributed by atoms with Crippen LogP contribution in [0, 0.1) is 0 Å². The smallest absolute Gasteiger partial charge is 0.102 e. The molecule has 6 heteroatoms. The van der Waals surface area contributed by atoms with Gasteiger partial charge in [0.25, 0.3) is 0 Å². The van der Waals surface area contributed by atoms with E-state index in [0.717, 1.165) is 17.8 Å². The number of aromatic nitrogens is 2. The van der Waals surface area contributed by atoms with Crippen LogP contribution in [0.4, 0.5) is 0 Å². The SMILES string of the molecule is OC[C@]1(O)CCN(Cc2cnn(-c3ccccc3Cl)c2)C1. The zero-order valence-corrected chi connectivity index (χ0v) is 12.4. The molecule has 5 nitrogen and oxygen atoms in total. The lowest BCUT2D eigenvalue weighted by Gasteiger charge is -2.20. The zero-order valence-electron chi connectivity index (χ0n) is 11.6. The minimum absolute atomic E-state index is 0.192. The van der Waals surface area contributed by atoms with Gasteiger partial charge in [-0.05, 0) is 18.6 Å². The fourth-order valence-corrected chi connectivity index (χ4v) is 2.90. The quantitative estimate of drug-likeness (QED) is 0.897. The molecule has 1 aliphatic rings. The van der Waals surface area contributed by atoms with Crippen LogP contribution in [0.25, 0.3) is 5.69 Å². The van der Waals surface area contributed by atoms with E-state index in [4.69, 9.17) is 11.6 Å². The summed E-state index contributed by atoms with van der Waals surface area (Å²) >= 11 is 6.16. The van der Waals surface area contributed by atoms with Crippen LogP contribution in [0.5, 0.6) is 0 Å². The van der Waals surface area contributed by atoms with E-state index >= 15 is 0 Å². The van der Waals surface area contributed by atoms with Crippen LogP contribution in [0.15, 0.2) is 36.7 Å². The molecule has 3 rings (SSSR count). The highest BCUT2D eigenvalue weighted by molar-refractivity contribution is 6.32. The standard InChI is InChI=1S/C15H18ClN3O2/c16-13-3-1-2-4-14(13)19-9-12(7-17-19)8-18-6-5-15(21,10-18)11-20/h1-4,7,9,20-21H,5-6,8,10-11H2/t15-/m0/s1. The third-order valence-corrected chi connectivity index (χ3v) is 4.17. The molecule has 0 saturated carbocycles. The third-order valence-electron chi connectivity index (χ3n) is 3.85. The number of benzene rings is 1. The molecule has 2 aromatic rings. The van der Waals surface area contributed by atoms with Crippen LogP contribution in [0.3, 0.4) is 0 Å². The van der Waals surface area contributed by atoms with Crippen molar-refractivity contribution >= 4 is 11.6 Å². The fourth-order valence-electron chi connectivity index (χ4n) is 2.67. The summed E-state index contributed by atoms with van der Waals surface area (Å²) in [5.74, 6) is 0. The molecule has 2 heterocycles. The molecule has 0 bridgehead atoms. The number of hydrogen-bond donors (Lipinski definition) is 2. The Morgan fingerprint density at radius 3 is 2.86 bits per heavy atom. The van der Waals surface area contributed by atoms with Gasteiger partial charge in [-0.2, -0.15) is 5.10 Å². The van der Waals surface area contributed by atoms with Crippen LogP contribution in [-0.2, 0) is 6.54 Å². The molecule has 112 valence electrons. The number of aliphatic hydroxyl groups excluding tert-OH is 1. The Labute approximate surface area is 128 Å². The van der Waals surface area contributed by atoms with E-state index in [2.05, 4.69) is 10.00 Å². The van der Waals surface area contributed by atoms with Gasteiger partial charge in [0.15, 0.2) is 0 Å². The summed E-state index contributed by atoms with van der Waals surface area (Å²) in [6.45, 7) is 1.77. The summed E-state index contributed by atoms with van der Waals surface area (Å²) in [4.78, 5) is 2.12. The monoisotopic (exact) mass is 307 g/mol. The number of β-amino-alcohol motifs (C(OH)–C–C–N with tert-alkyl or cyclic N) is 1. The Kier molecular flexibility index (Phi) is 3.99. The molecule has 1 aromatic carbocycles. The van der Waals surface area contributed by atoms with Gasteiger partial charge in [0.2, 0.25) is 0 Å². The highest BCUT2D eigenvalue weighted by atomic mass is 35.5. The molecule has 0 unspecified atom stereocenters. The van der Waals surface area contributed by atoms with Gasteiger partial charge in [0.05, 0.1) is 23.5 Å². The fraction of sp³-hybridized carbons (Fsp3) is 0.400. The third kappa shape index (κ3) is 3.11. The van der Waals surface area contributed by atoms with Gasteiger partial charge in [-0.1, -0.05) is 23.7 Å². The minimum atomic E-state index is -0.960. The molecule has 1 fully saturated rings.